The quantitative estimate of drug-likeness (QED) is 0.626. The van der Waals surface area contributed by atoms with Crippen molar-refractivity contribution >= 4 is 5.69 Å². The molecule has 0 bridgehead atoms. The van der Waals surface area contributed by atoms with Gasteiger partial charge in [-0.15, -0.1) is 0 Å². The molecule has 1 aliphatic heterocycles. The summed E-state index contributed by atoms with van der Waals surface area (Å²) in [5, 5.41) is 13.4. The van der Waals surface area contributed by atoms with Crippen molar-refractivity contribution in [3.05, 3.63) is 34.1 Å². The summed E-state index contributed by atoms with van der Waals surface area (Å²) in [4.78, 5) is 9.77. The van der Waals surface area contributed by atoms with E-state index in [1.54, 1.807) is 0 Å². The molecule has 1 aromatic rings. The number of ether oxygens (including phenoxy) is 1. The highest BCUT2D eigenvalue weighted by molar-refractivity contribution is 5.38. The zero-order valence-electron chi connectivity index (χ0n) is 8.70. The first kappa shape index (κ1) is 10.8. The molecule has 0 saturated carbocycles. The van der Waals surface area contributed by atoms with Crippen LogP contribution in [0.5, 0.6) is 5.75 Å². The van der Waals surface area contributed by atoms with Gasteiger partial charge in [-0.05, 0) is 13.0 Å². The first-order valence-corrected chi connectivity index (χ1v) is 4.84. The lowest BCUT2D eigenvalue weighted by molar-refractivity contribution is -0.385. The van der Waals surface area contributed by atoms with Crippen LogP contribution in [0.4, 0.5) is 10.1 Å². The second kappa shape index (κ2) is 3.71. The van der Waals surface area contributed by atoms with Crippen molar-refractivity contribution in [1.29, 1.82) is 0 Å². The summed E-state index contributed by atoms with van der Waals surface area (Å²) in [6.07, 6.45) is 0. The Kier molecular flexibility index (Phi) is 2.51. The van der Waals surface area contributed by atoms with Crippen molar-refractivity contribution in [3.8, 4) is 5.75 Å². The van der Waals surface area contributed by atoms with Crippen molar-refractivity contribution in [2.45, 2.75) is 12.5 Å². The molecule has 1 saturated heterocycles. The molecule has 0 aliphatic carbocycles. The fourth-order valence-corrected chi connectivity index (χ4v) is 1.50. The third kappa shape index (κ3) is 1.96. The number of benzene rings is 1. The monoisotopic (exact) mass is 226 g/mol. The minimum Gasteiger partial charge on any atom is -0.482 e. The summed E-state index contributed by atoms with van der Waals surface area (Å²) >= 11 is 0. The number of halogens is 1. The van der Waals surface area contributed by atoms with Gasteiger partial charge in [0.15, 0.2) is 11.6 Å². The van der Waals surface area contributed by atoms with Crippen molar-refractivity contribution in [2.75, 3.05) is 13.1 Å². The number of nitrogens with zero attached hydrogens (tertiary/aromatic N) is 1. The number of hydrogen-bond donors (Lipinski definition) is 1. The summed E-state index contributed by atoms with van der Waals surface area (Å²) in [6, 6.07) is 3.38. The van der Waals surface area contributed by atoms with Crippen LogP contribution in [0.2, 0.25) is 0 Å². The largest absolute Gasteiger partial charge is 0.482 e. The first-order chi connectivity index (χ1) is 7.50. The molecule has 0 aromatic heterocycles. The molecular weight excluding hydrogens is 215 g/mol. The number of non-ortho nitro benzene ring substituents is 1. The predicted molar refractivity (Wildman–Crippen MR) is 55.0 cm³/mol. The molecule has 1 aliphatic rings. The van der Waals surface area contributed by atoms with Gasteiger partial charge in [0.2, 0.25) is 0 Å². The van der Waals surface area contributed by atoms with E-state index in [-0.39, 0.29) is 11.4 Å². The molecule has 2 rings (SSSR count). The van der Waals surface area contributed by atoms with Crippen molar-refractivity contribution in [3.63, 3.8) is 0 Å². The molecule has 1 fully saturated rings. The molecule has 1 heterocycles. The molecule has 0 radical (unpaired) electrons. The van der Waals surface area contributed by atoms with Gasteiger partial charge in [0.25, 0.3) is 5.69 Å². The van der Waals surface area contributed by atoms with Gasteiger partial charge in [-0.2, -0.15) is 0 Å². The van der Waals surface area contributed by atoms with E-state index in [9.17, 15) is 14.5 Å². The lowest BCUT2D eigenvalue weighted by Gasteiger charge is -2.39. The molecule has 16 heavy (non-hydrogen) atoms. The third-order valence-corrected chi connectivity index (χ3v) is 2.48. The third-order valence-electron chi connectivity index (χ3n) is 2.48. The molecule has 1 N–H and O–H groups in total. The van der Waals surface area contributed by atoms with Crippen molar-refractivity contribution in [2.24, 2.45) is 0 Å². The smallest absolute Gasteiger partial charge is 0.272 e. The standard InChI is InChI=1S/C10H11FN2O3/c1-10(5-12-6-10)16-9-3-2-7(13(14)15)4-8(9)11/h2-4,12H,5-6H2,1H3. The number of nitro benzene ring substituents is 1. The zero-order valence-corrected chi connectivity index (χ0v) is 8.70. The molecule has 0 atom stereocenters. The highest BCUT2D eigenvalue weighted by Crippen LogP contribution is 2.27. The van der Waals surface area contributed by atoms with E-state index >= 15 is 0 Å². The van der Waals surface area contributed by atoms with Gasteiger partial charge in [-0.1, -0.05) is 0 Å². The van der Waals surface area contributed by atoms with E-state index in [4.69, 9.17) is 4.74 Å². The number of rotatable bonds is 3. The van der Waals surface area contributed by atoms with Crippen molar-refractivity contribution < 1.29 is 14.1 Å². The van der Waals surface area contributed by atoms with Crippen LogP contribution in [0.3, 0.4) is 0 Å². The van der Waals surface area contributed by atoms with Crippen LogP contribution in [0.1, 0.15) is 6.92 Å². The van der Waals surface area contributed by atoms with Gasteiger partial charge < -0.3 is 10.1 Å². The van der Waals surface area contributed by atoms with Crippen LogP contribution in [0.25, 0.3) is 0 Å². The highest BCUT2D eigenvalue weighted by atomic mass is 19.1. The van der Waals surface area contributed by atoms with Crippen molar-refractivity contribution in [1.82, 2.24) is 5.32 Å². The predicted octanol–water partition coefficient (Wildman–Crippen LogP) is 1.47. The average molecular weight is 226 g/mol. The lowest BCUT2D eigenvalue weighted by atomic mass is 10.00. The summed E-state index contributed by atoms with van der Waals surface area (Å²) < 4.78 is 18.9. The Morgan fingerprint density at radius 3 is 2.69 bits per heavy atom. The average Bonchev–Trinajstić information content (AvgIpc) is 2.18. The van der Waals surface area contributed by atoms with E-state index in [1.165, 1.54) is 12.1 Å². The molecule has 5 nitrogen and oxygen atoms in total. The Hall–Kier alpha value is -1.69. The van der Waals surface area contributed by atoms with Crippen LogP contribution >= 0.6 is 0 Å². The maximum absolute atomic E-state index is 13.5. The van der Waals surface area contributed by atoms with Gasteiger partial charge in [-0.3, -0.25) is 10.1 Å². The van der Waals surface area contributed by atoms with Crippen LogP contribution in [-0.4, -0.2) is 23.6 Å². The van der Waals surface area contributed by atoms with Crippen LogP contribution in [-0.2, 0) is 0 Å². The minimum absolute atomic E-state index is 0.0506. The Balaban J connectivity index is 2.19. The Morgan fingerprint density at radius 2 is 2.25 bits per heavy atom. The lowest BCUT2D eigenvalue weighted by Crippen LogP contribution is -2.61. The van der Waals surface area contributed by atoms with E-state index in [2.05, 4.69) is 5.32 Å². The van der Waals surface area contributed by atoms with E-state index in [0.29, 0.717) is 13.1 Å². The fourth-order valence-electron chi connectivity index (χ4n) is 1.50. The Labute approximate surface area is 91.4 Å². The minimum atomic E-state index is -0.706. The first-order valence-electron chi connectivity index (χ1n) is 4.84. The molecule has 1 aromatic carbocycles. The Bertz CT molecular complexity index is 432. The summed E-state index contributed by atoms with van der Waals surface area (Å²) in [7, 11) is 0. The molecule has 6 heteroatoms. The number of nitrogens with one attached hydrogen (secondary N) is 1. The number of hydrogen-bond acceptors (Lipinski definition) is 4. The van der Waals surface area contributed by atoms with Gasteiger partial charge in [0.1, 0.15) is 5.60 Å². The van der Waals surface area contributed by atoms with Gasteiger partial charge in [0.05, 0.1) is 11.0 Å². The summed E-state index contributed by atoms with van der Waals surface area (Å²) in [5.74, 6) is -0.656. The second-order valence-electron chi connectivity index (χ2n) is 4.03. The van der Waals surface area contributed by atoms with Crippen LogP contribution < -0.4 is 10.1 Å². The molecule has 86 valence electrons. The summed E-state index contributed by atoms with van der Waals surface area (Å²) in [6.45, 7) is 3.14. The maximum atomic E-state index is 13.5. The van der Waals surface area contributed by atoms with E-state index in [0.717, 1.165) is 6.07 Å². The second-order valence-corrected chi connectivity index (χ2v) is 4.03. The molecule has 0 amide bonds. The zero-order chi connectivity index (χ0) is 11.8. The fraction of sp³-hybridized carbons (Fsp3) is 0.400. The van der Waals surface area contributed by atoms with E-state index in [1.807, 2.05) is 6.92 Å². The Morgan fingerprint density at radius 1 is 1.56 bits per heavy atom. The van der Waals surface area contributed by atoms with Gasteiger partial charge in [0, 0.05) is 19.2 Å². The van der Waals surface area contributed by atoms with Crippen LogP contribution in [0, 0.1) is 15.9 Å². The molecule has 0 spiro atoms. The SMILES string of the molecule is CC1(Oc2ccc([N+](=O)[O-])cc2F)CNC1. The van der Waals surface area contributed by atoms with Gasteiger partial charge in [-0.25, -0.2) is 4.39 Å². The highest BCUT2D eigenvalue weighted by Gasteiger charge is 2.34. The van der Waals surface area contributed by atoms with E-state index < -0.39 is 16.3 Å². The summed E-state index contributed by atoms with van der Waals surface area (Å²) in [5.41, 5.74) is -0.696. The molecular formula is C10H11FN2O3. The normalized spacial score (nSPS) is 17.6. The number of nitro groups is 1. The topological polar surface area (TPSA) is 64.4 Å². The van der Waals surface area contributed by atoms with Crippen LogP contribution in [0.15, 0.2) is 18.2 Å². The maximum Gasteiger partial charge on any atom is 0.272 e. The van der Waals surface area contributed by atoms with Gasteiger partial charge >= 0.3 is 0 Å². The molecule has 0 unspecified atom stereocenters.